The van der Waals surface area contributed by atoms with E-state index in [4.69, 9.17) is 9.84 Å². The Kier molecular flexibility index (Phi) is 2.70. The molecule has 5 heteroatoms. The van der Waals surface area contributed by atoms with Crippen molar-refractivity contribution in [3.8, 4) is 5.75 Å². The van der Waals surface area contributed by atoms with E-state index in [0.29, 0.717) is 23.3 Å². The Labute approximate surface area is 114 Å². The Morgan fingerprint density at radius 1 is 1.50 bits per heavy atom. The van der Waals surface area contributed by atoms with Crippen molar-refractivity contribution in [1.82, 2.24) is 4.57 Å². The molecular weight excluding hydrogens is 258 g/mol. The molecule has 2 heterocycles. The van der Waals surface area contributed by atoms with Gasteiger partial charge in [-0.2, -0.15) is 0 Å². The van der Waals surface area contributed by atoms with Crippen LogP contribution in [0.3, 0.4) is 0 Å². The van der Waals surface area contributed by atoms with Gasteiger partial charge >= 0.3 is 5.97 Å². The lowest BCUT2D eigenvalue weighted by Gasteiger charge is -2.09. The number of hydrogen-bond donors (Lipinski definition) is 1. The number of carboxylic acids is 1. The van der Waals surface area contributed by atoms with Gasteiger partial charge in [0.25, 0.3) is 0 Å². The largest absolute Gasteiger partial charge is 0.493 e. The van der Waals surface area contributed by atoms with Crippen LogP contribution in [0.4, 0.5) is 0 Å². The van der Waals surface area contributed by atoms with E-state index in [1.807, 2.05) is 6.07 Å². The average molecular weight is 269 g/mol. The highest BCUT2D eigenvalue weighted by molar-refractivity contribution is 5.94. The van der Waals surface area contributed by atoms with Crippen molar-refractivity contribution < 1.29 is 14.6 Å². The number of rotatable bonds is 2. The number of carboxylic acid groups (broad SMARTS) is 1. The van der Waals surface area contributed by atoms with Crippen LogP contribution in [-0.2, 0) is 6.42 Å². The minimum atomic E-state index is -1.26. The Hall–Kier alpha value is -2.78. The summed E-state index contributed by atoms with van der Waals surface area (Å²) >= 11 is 0. The molecule has 0 saturated heterocycles. The van der Waals surface area contributed by atoms with E-state index in [1.54, 1.807) is 10.6 Å². The minimum Gasteiger partial charge on any atom is -0.493 e. The Morgan fingerprint density at radius 3 is 3.00 bits per heavy atom. The van der Waals surface area contributed by atoms with Crippen LogP contribution in [-0.4, -0.2) is 22.2 Å². The first-order valence-electron chi connectivity index (χ1n) is 6.05. The van der Waals surface area contributed by atoms with Crippen molar-refractivity contribution in [2.24, 2.45) is 0 Å². The fourth-order valence-electron chi connectivity index (χ4n) is 2.38. The van der Waals surface area contributed by atoms with E-state index in [-0.39, 0.29) is 5.56 Å². The Balaban J connectivity index is 2.47. The number of nitrogens with zero attached hydrogens (tertiary/aromatic N) is 1. The van der Waals surface area contributed by atoms with Crippen molar-refractivity contribution >= 4 is 23.1 Å². The van der Waals surface area contributed by atoms with Crippen LogP contribution in [0.2, 0.25) is 0 Å². The average Bonchev–Trinajstić information content (AvgIpc) is 2.87. The molecule has 20 heavy (non-hydrogen) atoms. The summed E-state index contributed by atoms with van der Waals surface area (Å²) in [5.74, 6) is -0.615. The number of carbonyl (C=O) groups is 1. The fraction of sp³-hybridized carbons (Fsp3) is 0.133. The summed E-state index contributed by atoms with van der Waals surface area (Å²) in [6.07, 6.45) is 3.56. The number of pyridine rings is 1. The molecule has 5 nitrogen and oxygen atoms in total. The van der Waals surface area contributed by atoms with Gasteiger partial charge in [-0.15, -0.1) is 5.73 Å². The lowest BCUT2D eigenvalue weighted by Crippen LogP contribution is -2.17. The third-order valence-electron chi connectivity index (χ3n) is 3.30. The molecule has 1 aliphatic rings. The summed E-state index contributed by atoms with van der Waals surface area (Å²) < 4.78 is 6.98. The number of hydrogen-bond acceptors (Lipinski definition) is 3. The second-order valence-corrected chi connectivity index (χ2v) is 4.49. The molecule has 0 saturated carbocycles. The van der Waals surface area contributed by atoms with Gasteiger partial charge in [-0.25, -0.2) is 4.79 Å². The smallest absolute Gasteiger partial charge is 0.341 e. The molecule has 0 amide bonds. The highest BCUT2D eigenvalue weighted by atomic mass is 16.5. The quantitative estimate of drug-likeness (QED) is 0.845. The normalized spacial score (nSPS) is 12.6. The van der Waals surface area contributed by atoms with Gasteiger partial charge in [-0.3, -0.25) is 4.79 Å². The van der Waals surface area contributed by atoms with Crippen LogP contribution in [0.15, 0.2) is 35.4 Å². The number of aromatic carboxylic acids is 1. The number of aromatic nitrogens is 1. The van der Waals surface area contributed by atoms with Crippen LogP contribution in [0.1, 0.15) is 15.9 Å². The van der Waals surface area contributed by atoms with Gasteiger partial charge in [-0.05, 0) is 17.7 Å². The molecule has 2 aromatic rings. The molecule has 1 aliphatic heterocycles. The first kappa shape index (κ1) is 12.3. The maximum absolute atomic E-state index is 12.2. The standard InChI is InChI=1S/C15H11NO4/c1-2-4-16-8-11(15(18)19)14(17)10-7-13-9(3-5-20-13)6-12(10)16/h4,6-8H,1,3,5H2,(H,18,19). The van der Waals surface area contributed by atoms with Crippen LogP contribution in [0.25, 0.3) is 17.1 Å². The van der Waals surface area contributed by atoms with Gasteiger partial charge in [0.05, 0.1) is 23.7 Å². The first-order chi connectivity index (χ1) is 9.61. The molecule has 1 aromatic heterocycles. The topological polar surface area (TPSA) is 68.5 Å². The predicted molar refractivity (Wildman–Crippen MR) is 74.3 cm³/mol. The highest BCUT2D eigenvalue weighted by Crippen LogP contribution is 2.29. The zero-order valence-corrected chi connectivity index (χ0v) is 10.5. The molecule has 0 unspecified atom stereocenters. The molecular formula is C15H11NO4. The molecule has 0 atom stereocenters. The first-order valence-corrected chi connectivity index (χ1v) is 6.05. The van der Waals surface area contributed by atoms with Crippen molar-refractivity contribution in [2.75, 3.05) is 6.61 Å². The molecule has 0 fully saturated rings. The summed E-state index contributed by atoms with van der Waals surface area (Å²) in [5, 5.41) is 9.43. The summed E-state index contributed by atoms with van der Waals surface area (Å²) in [6, 6.07) is 3.46. The number of ether oxygens (including phenoxy) is 1. The van der Waals surface area contributed by atoms with Crippen molar-refractivity contribution in [3.63, 3.8) is 0 Å². The summed E-state index contributed by atoms with van der Waals surface area (Å²) in [4.78, 5) is 23.4. The van der Waals surface area contributed by atoms with E-state index < -0.39 is 11.4 Å². The summed E-state index contributed by atoms with van der Waals surface area (Å²) in [5.41, 5.74) is 3.42. The zero-order chi connectivity index (χ0) is 14.3. The molecule has 0 spiro atoms. The second kappa shape index (κ2) is 4.40. The van der Waals surface area contributed by atoms with Crippen molar-refractivity contribution in [3.05, 3.63) is 52.0 Å². The van der Waals surface area contributed by atoms with Crippen LogP contribution >= 0.6 is 0 Å². The molecule has 1 N–H and O–H groups in total. The molecule has 0 bridgehead atoms. The van der Waals surface area contributed by atoms with E-state index in [1.165, 1.54) is 12.4 Å². The SMILES string of the molecule is C=C=Cn1cc(C(=O)O)c(=O)c2cc3c(cc21)CCO3. The van der Waals surface area contributed by atoms with Gasteiger partial charge in [0.15, 0.2) is 0 Å². The van der Waals surface area contributed by atoms with E-state index in [2.05, 4.69) is 12.3 Å². The van der Waals surface area contributed by atoms with E-state index >= 15 is 0 Å². The van der Waals surface area contributed by atoms with Gasteiger partial charge in [0.1, 0.15) is 11.3 Å². The van der Waals surface area contributed by atoms with E-state index in [9.17, 15) is 9.59 Å². The summed E-state index contributed by atoms with van der Waals surface area (Å²) in [7, 11) is 0. The Bertz CT molecular complexity index is 841. The van der Waals surface area contributed by atoms with Gasteiger partial charge < -0.3 is 14.4 Å². The number of fused-ring (bicyclic) bond motifs is 2. The third-order valence-corrected chi connectivity index (χ3v) is 3.30. The predicted octanol–water partition coefficient (Wildman–Crippen LogP) is 1.89. The molecule has 100 valence electrons. The fourth-order valence-corrected chi connectivity index (χ4v) is 2.38. The zero-order valence-electron chi connectivity index (χ0n) is 10.5. The summed E-state index contributed by atoms with van der Waals surface area (Å²) in [6.45, 7) is 4.05. The lowest BCUT2D eigenvalue weighted by molar-refractivity contribution is 0.0695. The van der Waals surface area contributed by atoms with Crippen LogP contribution in [0, 0.1) is 0 Å². The monoisotopic (exact) mass is 269 g/mol. The third kappa shape index (κ3) is 1.73. The molecule has 0 radical (unpaired) electrons. The maximum atomic E-state index is 12.2. The lowest BCUT2D eigenvalue weighted by atomic mass is 10.1. The van der Waals surface area contributed by atoms with Crippen molar-refractivity contribution in [1.29, 1.82) is 0 Å². The van der Waals surface area contributed by atoms with Gasteiger partial charge in [0, 0.05) is 12.6 Å². The highest BCUT2D eigenvalue weighted by Gasteiger charge is 2.19. The van der Waals surface area contributed by atoms with Crippen LogP contribution < -0.4 is 10.2 Å². The minimum absolute atomic E-state index is 0.290. The number of benzene rings is 1. The molecule has 1 aromatic carbocycles. The maximum Gasteiger partial charge on any atom is 0.341 e. The van der Waals surface area contributed by atoms with Gasteiger partial charge in [0.2, 0.25) is 5.43 Å². The molecule has 0 aliphatic carbocycles. The van der Waals surface area contributed by atoms with Crippen molar-refractivity contribution in [2.45, 2.75) is 6.42 Å². The van der Waals surface area contributed by atoms with Crippen LogP contribution in [0.5, 0.6) is 5.75 Å². The molecule has 3 rings (SSSR count). The van der Waals surface area contributed by atoms with E-state index in [0.717, 1.165) is 12.0 Å². The second-order valence-electron chi connectivity index (χ2n) is 4.49. The van der Waals surface area contributed by atoms with Gasteiger partial charge in [-0.1, -0.05) is 6.58 Å². The Morgan fingerprint density at radius 2 is 2.30 bits per heavy atom.